The van der Waals surface area contributed by atoms with Gasteiger partial charge in [0.15, 0.2) is 0 Å². The molecule has 0 spiro atoms. The van der Waals surface area contributed by atoms with E-state index >= 15 is 0 Å². The third-order valence-corrected chi connectivity index (χ3v) is 6.07. The van der Waals surface area contributed by atoms with Crippen molar-refractivity contribution in [1.29, 1.82) is 0 Å². The zero-order chi connectivity index (χ0) is 18.4. The van der Waals surface area contributed by atoms with Gasteiger partial charge in [0.1, 0.15) is 0 Å². The normalized spacial score (nSPS) is 18.8. The van der Waals surface area contributed by atoms with E-state index in [9.17, 15) is 0 Å². The minimum absolute atomic E-state index is 0.266. The van der Waals surface area contributed by atoms with E-state index < -0.39 is 0 Å². The number of benzene rings is 2. The van der Waals surface area contributed by atoms with Gasteiger partial charge < -0.3 is 0 Å². The number of hydrogen-bond acceptors (Lipinski definition) is 0. The van der Waals surface area contributed by atoms with E-state index in [1.807, 2.05) is 0 Å². The van der Waals surface area contributed by atoms with Crippen molar-refractivity contribution in [3.05, 3.63) is 69.8 Å². The van der Waals surface area contributed by atoms with Crippen LogP contribution in [0, 0.1) is 13.8 Å². The van der Waals surface area contributed by atoms with Gasteiger partial charge >= 0.3 is 0 Å². The topological polar surface area (TPSA) is 0 Å². The van der Waals surface area contributed by atoms with Crippen molar-refractivity contribution < 1.29 is 0 Å². The van der Waals surface area contributed by atoms with Crippen LogP contribution in [0.25, 0.3) is 11.6 Å². The second-order valence-corrected chi connectivity index (χ2v) is 9.22. The zero-order valence-corrected chi connectivity index (χ0v) is 17.0. The minimum atomic E-state index is 0.266. The molecule has 0 saturated carbocycles. The first-order chi connectivity index (χ1) is 11.6. The molecule has 0 aromatic heterocycles. The molecule has 0 radical (unpaired) electrons. The van der Waals surface area contributed by atoms with Crippen molar-refractivity contribution in [2.75, 3.05) is 0 Å². The third kappa shape index (κ3) is 3.45. The summed E-state index contributed by atoms with van der Waals surface area (Å²) in [5.74, 6) is 0. The van der Waals surface area contributed by atoms with Crippen LogP contribution in [-0.2, 0) is 10.8 Å². The van der Waals surface area contributed by atoms with Crippen molar-refractivity contribution in [2.45, 2.75) is 72.1 Å². The van der Waals surface area contributed by atoms with Gasteiger partial charge in [-0.15, -0.1) is 0 Å². The lowest BCUT2D eigenvalue weighted by Crippen LogP contribution is -2.33. The fourth-order valence-electron chi connectivity index (χ4n) is 4.28. The summed E-state index contributed by atoms with van der Waals surface area (Å²) in [5.41, 5.74) is 10.3. The lowest BCUT2D eigenvalue weighted by atomic mass is 9.63. The molecule has 2 aromatic carbocycles. The molecular formula is C25H32. The van der Waals surface area contributed by atoms with Crippen molar-refractivity contribution in [3.8, 4) is 0 Å². The van der Waals surface area contributed by atoms with Gasteiger partial charge in [-0.3, -0.25) is 0 Å². The monoisotopic (exact) mass is 332 g/mol. The fraction of sp³-hybridized carbons (Fsp3) is 0.440. The second kappa shape index (κ2) is 6.16. The van der Waals surface area contributed by atoms with Gasteiger partial charge in [0.25, 0.3) is 0 Å². The quantitative estimate of drug-likeness (QED) is 0.509. The van der Waals surface area contributed by atoms with E-state index in [1.54, 1.807) is 0 Å². The number of hydrogen-bond donors (Lipinski definition) is 0. The van der Waals surface area contributed by atoms with Gasteiger partial charge in [-0.2, -0.15) is 0 Å². The van der Waals surface area contributed by atoms with Crippen LogP contribution in [0.5, 0.6) is 0 Å². The number of fused-ring (bicyclic) bond motifs is 1. The van der Waals surface area contributed by atoms with Gasteiger partial charge in [0, 0.05) is 0 Å². The molecule has 0 fully saturated rings. The third-order valence-electron chi connectivity index (χ3n) is 6.07. The van der Waals surface area contributed by atoms with Crippen LogP contribution in [0.2, 0.25) is 0 Å². The maximum atomic E-state index is 2.43. The van der Waals surface area contributed by atoms with Crippen LogP contribution in [0.1, 0.15) is 80.8 Å². The summed E-state index contributed by atoms with van der Waals surface area (Å²) < 4.78 is 0. The smallest absolute Gasteiger partial charge is 0.0100 e. The Hall–Kier alpha value is -1.82. The Morgan fingerprint density at radius 1 is 0.840 bits per heavy atom. The summed E-state index contributed by atoms with van der Waals surface area (Å²) in [5, 5.41) is 0. The standard InChI is InChI=1S/C25H32/c1-17-8-10-21(18(2)14-17)19(3)15-20-9-11-22-23(16-20)25(6,7)13-12-24(22,4)5/h8-11,14-16H,12-13H2,1-7H3/b19-15+. The van der Waals surface area contributed by atoms with Gasteiger partial charge in [0.05, 0.1) is 0 Å². The first-order valence-corrected chi connectivity index (χ1v) is 9.51. The van der Waals surface area contributed by atoms with Crippen molar-refractivity contribution in [3.63, 3.8) is 0 Å². The highest BCUT2D eigenvalue weighted by Gasteiger charge is 2.36. The minimum Gasteiger partial charge on any atom is -0.0587 e. The molecular weight excluding hydrogens is 300 g/mol. The second-order valence-electron chi connectivity index (χ2n) is 9.22. The molecule has 2 aromatic rings. The first kappa shape index (κ1) is 18.0. The predicted molar refractivity (Wildman–Crippen MR) is 111 cm³/mol. The van der Waals surface area contributed by atoms with Crippen LogP contribution in [0.4, 0.5) is 0 Å². The summed E-state index contributed by atoms with van der Waals surface area (Å²) in [7, 11) is 0. The van der Waals surface area contributed by atoms with Crippen LogP contribution in [0.15, 0.2) is 36.4 Å². The Balaban J connectivity index is 2.05. The van der Waals surface area contributed by atoms with Crippen LogP contribution < -0.4 is 0 Å². The average Bonchev–Trinajstić information content (AvgIpc) is 2.52. The van der Waals surface area contributed by atoms with E-state index in [-0.39, 0.29) is 10.8 Å². The molecule has 0 saturated heterocycles. The van der Waals surface area contributed by atoms with Crippen molar-refractivity contribution in [1.82, 2.24) is 0 Å². The first-order valence-electron chi connectivity index (χ1n) is 9.51. The lowest BCUT2D eigenvalue weighted by molar-refractivity contribution is 0.332. The van der Waals surface area contributed by atoms with Crippen LogP contribution >= 0.6 is 0 Å². The van der Waals surface area contributed by atoms with Crippen LogP contribution in [0.3, 0.4) is 0 Å². The molecule has 0 bridgehead atoms. The van der Waals surface area contributed by atoms with E-state index in [1.165, 1.54) is 51.8 Å². The molecule has 132 valence electrons. The Bertz CT molecular complexity index is 831. The molecule has 0 heterocycles. The van der Waals surface area contributed by atoms with Crippen molar-refractivity contribution in [2.24, 2.45) is 0 Å². The largest absolute Gasteiger partial charge is 0.0587 e. The van der Waals surface area contributed by atoms with E-state index in [0.29, 0.717) is 0 Å². The zero-order valence-electron chi connectivity index (χ0n) is 17.0. The van der Waals surface area contributed by atoms with E-state index in [0.717, 1.165) is 0 Å². The highest BCUT2D eigenvalue weighted by molar-refractivity contribution is 5.82. The molecule has 3 rings (SSSR count). The van der Waals surface area contributed by atoms with Gasteiger partial charge in [-0.05, 0) is 77.8 Å². The van der Waals surface area contributed by atoms with E-state index in [2.05, 4.69) is 90.9 Å². The summed E-state index contributed by atoms with van der Waals surface area (Å²) in [6, 6.07) is 13.8. The molecule has 0 heteroatoms. The molecule has 1 aliphatic rings. The molecule has 0 N–H and O–H groups in total. The summed E-state index contributed by atoms with van der Waals surface area (Å²) in [6.45, 7) is 16.2. The van der Waals surface area contributed by atoms with Gasteiger partial charge in [-0.1, -0.05) is 75.7 Å². The Labute approximate surface area is 154 Å². The maximum Gasteiger partial charge on any atom is -0.0100 e. The van der Waals surface area contributed by atoms with Gasteiger partial charge in [-0.25, -0.2) is 0 Å². The SMILES string of the molecule is C/C(=C\c1ccc2c(c1)C(C)(C)CCC2(C)C)c1ccc(C)cc1C. The summed E-state index contributed by atoms with van der Waals surface area (Å²) >= 11 is 0. The lowest BCUT2D eigenvalue weighted by Gasteiger charge is -2.42. The molecule has 1 aliphatic carbocycles. The molecule has 0 aliphatic heterocycles. The highest BCUT2D eigenvalue weighted by atomic mass is 14.4. The van der Waals surface area contributed by atoms with Crippen molar-refractivity contribution >= 4 is 11.6 Å². The Morgan fingerprint density at radius 2 is 1.48 bits per heavy atom. The van der Waals surface area contributed by atoms with Crippen LogP contribution in [-0.4, -0.2) is 0 Å². The average molecular weight is 333 g/mol. The molecule has 25 heavy (non-hydrogen) atoms. The molecule has 0 unspecified atom stereocenters. The number of allylic oxidation sites excluding steroid dienone is 1. The molecule has 0 amide bonds. The molecule has 0 nitrogen and oxygen atoms in total. The number of aryl methyl sites for hydroxylation is 2. The maximum absolute atomic E-state index is 2.43. The number of rotatable bonds is 2. The summed E-state index contributed by atoms with van der Waals surface area (Å²) in [6.07, 6.45) is 4.87. The van der Waals surface area contributed by atoms with E-state index in [4.69, 9.17) is 0 Å². The molecule has 0 atom stereocenters. The summed E-state index contributed by atoms with van der Waals surface area (Å²) in [4.78, 5) is 0. The predicted octanol–water partition coefficient (Wildman–Crippen LogP) is 7.21. The highest BCUT2D eigenvalue weighted by Crippen LogP contribution is 2.46. The Kier molecular flexibility index (Phi) is 4.43. The Morgan fingerprint density at radius 3 is 2.12 bits per heavy atom. The van der Waals surface area contributed by atoms with Gasteiger partial charge in [0.2, 0.25) is 0 Å². The fourth-order valence-corrected chi connectivity index (χ4v) is 4.28.